The van der Waals surface area contributed by atoms with E-state index in [-0.39, 0.29) is 10.7 Å². The number of halogens is 1. The van der Waals surface area contributed by atoms with Crippen LogP contribution in [0.15, 0.2) is 47.5 Å². The predicted molar refractivity (Wildman–Crippen MR) is 96.7 cm³/mol. The van der Waals surface area contributed by atoms with E-state index in [1.54, 1.807) is 12.3 Å². The third kappa shape index (κ3) is 4.10. The zero-order valence-electron chi connectivity index (χ0n) is 14.2. The molecular weight excluding hydrogens is 341 g/mol. The summed E-state index contributed by atoms with van der Waals surface area (Å²) in [4.78, 5) is 6.59. The minimum atomic E-state index is -3.78. The number of benzene rings is 1. The highest BCUT2D eigenvalue weighted by molar-refractivity contribution is 7.92. The molecule has 0 radical (unpaired) electrons. The molecule has 0 bridgehead atoms. The van der Waals surface area contributed by atoms with Crippen molar-refractivity contribution in [1.82, 2.24) is 4.98 Å². The minimum absolute atomic E-state index is 0.00172. The van der Waals surface area contributed by atoms with Crippen LogP contribution in [0, 0.1) is 5.82 Å². The lowest BCUT2D eigenvalue weighted by Gasteiger charge is -2.37. The van der Waals surface area contributed by atoms with Gasteiger partial charge < -0.3 is 4.90 Å². The van der Waals surface area contributed by atoms with E-state index in [0.717, 1.165) is 37.2 Å². The summed E-state index contributed by atoms with van der Waals surface area (Å²) in [6.45, 7) is 3.18. The van der Waals surface area contributed by atoms with Gasteiger partial charge in [0.05, 0.1) is 16.8 Å². The maximum atomic E-state index is 13.0. The van der Waals surface area contributed by atoms with Crippen LogP contribution in [0.2, 0.25) is 0 Å². The van der Waals surface area contributed by atoms with Gasteiger partial charge in [-0.3, -0.25) is 4.72 Å². The molecule has 1 atom stereocenters. The summed E-state index contributed by atoms with van der Waals surface area (Å²) < 4.78 is 40.0. The number of hydrogen-bond donors (Lipinski definition) is 1. The smallest absolute Gasteiger partial charge is 0.263 e. The molecule has 1 saturated heterocycles. The fourth-order valence-corrected chi connectivity index (χ4v) is 4.20. The highest BCUT2D eigenvalue weighted by Crippen LogP contribution is 2.27. The van der Waals surface area contributed by atoms with Crippen LogP contribution >= 0.6 is 0 Å². The monoisotopic (exact) mass is 363 g/mol. The van der Waals surface area contributed by atoms with Gasteiger partial charge in [0.1, 0.15) is 11.6 Å². The average molecular weight is 363 g/mol. The third-order valence-electron chi connectivity index (χ3n) is 4.54. The van der Waals surface area contributed by atoms with Crippen LogP contribution < -0.4 is 9.62 Å². The second kappa shape index (κ2) is 7.39. The number of anilines is 2. The molecule has 25 heavy (non-hydrogen) atoms. The molecular formula is C18H22FN3O2S. The van der Waals surface area contributed by atoms with E-state index in [0.29, 0.717) is 6.04 Å². The van der Waals surface area contributed by atoms with Gasteiger partial charge in [0.2, 0.25) is 0 Å². The van der Waals surface area contributed by atoms with E-state index in [2.05, 4.69) is 21.5 Å². The zero-order chi connectivity index (χ0) is 17.9. The summed E-state index contributed by atoms with van der Waals surface area (Å²) in [6.07, 6.45) is 6.37. The van der Waals surface area contributed by atoms with Crippen LogP contribution in [0.4, 0.5) is 15.9 Å². The molecule has 0 amide bonds. The van der Waals surface area contributed by atoms with E-state index in [1.165, 1.54) is 25.0 Å². The Labute approximate surface area is 147 Å². The first kappa shape index (κ1) is 17.7. The van der Waals surface area contributed by atoms with Crippen molar-refractivity contribution in [3.05, 3.63) is 48.4 Å². The summed E-state index contributed by atoms with van der Waals surface area (Å²) in [5, 5.41) is 0. The van der Waals surface area contributed by atoms with Gasteiger partial charge in [-0.05, 0) is 62.1 Å². The molecule has 1 N–H and O–H groups in total. The molecule has 2 aromatic rings. The Balaban J connectivity index is 1.75. The van der Waals surface area contributed by atoms with Crippen molar-refractivity contribution < 1.29 is 12.8 Å². The van der Waals surface area contributed by atoms with Crippen LogP contribution in [0.3, 0.4) is 0 Å². The summed E-state index contributed by atoms with van der Waals surface area (Å²) in [5.74, 6) is -0.230. The SMILES string of the molecule is CCC1CCCCN1c1ccc(NS(=O)(=O)c2ccc(F)cc2)nc1. The Morgan fingerprint density at radius 3 is 2.60 bits per heavy atom. The van der Waals surface area contributed by atoms with Crippen molar-refractivity contribution in [2.45, 2.75) is 43.5 Å². The molecule has 1 fully saturated rings. The minimum Gasteiger partial charge on any atom is -0.367 e. The van der Waals surface area contributed by atoms with Crippen LogP contribution in [-0.2, 0) is 10.0 Å². The molecule has 3 rings (SSSR count). The Morgan fingerprint density at radius 2 is 1.96 bits per heavy atom. The number of nitrogens with one attached hydrogen (secondary N) is 1. The standard InChI is InChI=1S/C18H22FN3O2S/c1-2-15-5-3-4-12-22(15)16-8-11-18(20-13-16)21-25(23,24)17-9-6-14(19)7-10-17/h6-11,13,15H,2-5,12H2,1H3,(H,20,21). The first-order chi connectivity index (χ1) is 12.0. The van der Waals surface area contributed by atoms with Crippen LogP contribution in [-0.4, -0.2) is 26.0 Å². The first-order valence-electron chi connectivity index (χ1n) is 8.50. The van der Waals surface area contributed by atoms with Crippen molar-refractivity contribution in [3.63, 3.8) is 0 Å². The number of nitrogens with zero attached hydrogens (tertiary/aromatic N) is 2. The van der Waals surface area contributed by atoms with E-state index in [1.807, 2.05) is 6.07 Å². The van der Waals surface area contributed by atoms with Crippen LogP contribution in [0.5, 0.6) is 0 Å². The topological polar surface area (TPSA) is 62.3 Å². The van der Waals surface area contributed by atoms with E-state index in [4.69, 9.17) is 0 Å². The van der Waals surface area contributed by atoms with E-state index < -0.39 is 15.8 Å². The second-order valence-corrected chi connectivity index (χ2v) is 7.89. The van der Waals surface area contributed by atoms with Crippen molar-refractivity contribution in [2.24, 2.45) is 0 Å². The Morgan fingerprint density at radius 1 is 1.20 bits per heavy atom. The average Bonchev–Trinajstić information content (AvgIpc) is 2.62. The molecule has 7 heteroatoms. The molecule has 0 spiro atoms. The maximum absolute atomic E-state index is 13.0. The lowest BCUT2D eigenvalue weighted by atomic mass is 9.99. The molecule has 2 heterocycles. The summed E-state index contributed by atoms with van der Waals surface area (Å²) >= 11 is 0. The summed E-state index contributed by atoms with van der Waals surface area (Å²) in [7, 11) is -3.78. The molecule has 1 aromatic heterocycles. The number of piperidine rings is 1. The van der Waals surface area contributed by atoms with Gasteiger partial charge in [0.25, 0.3) is 10.0 Å². The quantitative estimate of drug-likeness (QED) is 0.878. The fraction of sp³-hybridized carbons (Fsp3) is 0.389. The molecule has 0 aliphatic carbocycles. The zero-order valence-corrected chi connectivity index (χ0v) is 15.0. The second-order valence-electron chi connectivity index (χ2n) is 6.21. The molecule has 1 aliphatic heterocycles. The maximum Gasteiger partial charge on any atom is 0.263 e. The highest BCUT2D eigenvalue weighted by Gasteiger charge is 2.21. The molecule has 0 saturated carbocycles. The molecule has 5 nitrogen and oxygen atoms in total. The number of hydrogen-bond acceptors (Lipinski definition) is 4. The number of aromatic nitrogens is 1. The summed E-state index contributed by atoms with van der Waals surface area (Å²) in [6, 6.07) is 8.76. The van der Waals surface area contributed by atoms with Crippen molar-refractivity contribution >= 4 is 21.5 Å². The van der Waals surface area contributed by atoms with Crippen LogP contribution in [0.1, 0.15) is 32.6 Å². The third-order valence-corrected chi connectivity index (χ3v) is 5.91. The lowest BCUT2D eigenvalue weighted by molar-refractivity contribution is 0.449. The van der Waals surface area contributed by atoms with Gasteiger partial charge in [-0.2, -0.15) is 0 Å². The molecule has 1 unspecified atom stereocenters. The first-order valence-corrected chi connectivity index (χ1v) is 9.99. The lowest BCUT2D eigenvalue weighted by Crippen LogP contribution is -2.39. The highest BCUT2D eigenvalue weighted by atomic mass is 32.2. The molecule has 134 valence electrons. The van der Waals surface area contributed by atoms with Gasteiger partial charge in [-0.15, -0.1) is 0 Å². The predicted octanol–water partition coefficient (Wildman–Crippen LogP) is 3.79. The van der Waals surface area contributed by atoms with Gasteiger partial charge in [-0.25, -0.2) is 17.8 Å². The Hall–Kier alpha value is -2.15. The molecule has 1 aromatic carbocycles. The van der Waals surface area contributed by atoms with Gasteiger partial charge in [0, 0.05) is 12.6 Å². The number of pyridine rings is 1. The van der Waals surface area contributed by atoms with Crippen molar-refractivity contribution in [3.8, 4) is 0 Å². The normalized spacial score (nSPS) is 18.2. The fourth-order valence-electron chi connectivity index (χ4n) is 3.19. The van der Waals surface area contributed by atoms with E-state index >= 15 is 0 Å². The Bertz CT molecular complexity index is 807. The van der Waals surface area contributed by atoms with Gasteiger partial charge in [-0.1, -0.05) is 6.92 Å². The van der Waals surface area contributed by atoms with Crippen molar-refractivity contribution in [1.29, 1.82) is 0 Å². The number of sulfonamides is 1. The number of rotatable bonds is 5. The van der Waals surface area contributed by atoms with Crippen LogP contribution in [0.25, 0.3) is 0 Å². The summed E-state index contributed by atoms with van der Waals surface area (Å²) in [5.41, 5.74) is 1.01. The van der Waals surface area contributed by atoms with Gasteiger partial charge >= 0.3 is 0 Å². The Kier molecular flexibility index (Phi) is 5.22. The molecule has 1 aliphatic rings. The van der Waals surface area contributed by atoms with Gasteiger partial charge in [0.15, 0.2) is 0 Å². The largest absolute Gasteiger partial charge is 0.367 e. The van der Waals surface area contributed by atoms with E-state index in [9.17, 15) is 12.8 Å². The van der Waals surface area contributed by atoms with Crippen molar-refractivity contribution in [2.75, 3.05) is 16.2 Å².